The predicted octanol–water partition coefficient (Wildman–Crippen LogP) is 5.42. The SMILES string of the molecule is CCC(c1ccc(F)c(C(F)(F)F)c1)N1CCN(CCCc2ccc3c(n2)NCCC3)C1=O. The quantitative estimate of drug-likeness (QED) is 0.557. The van der Waals surface area contributed by atoms with Gasteiger partial charge in [-0.2, -0.15) is 13.2 Å². The van der Waals surface area contributed by atoms with Crippen LogP contribution in [-0.2, 0) is 19.0 Å². The Morgan fingerprint density at radius 3 is 2.76 bits per heavy atom. The summed E-state index contributed by atoms with van der Waals surface area (Å²) in [5.74, 6) is -0.355. The molecule has 2 aliphatic heterocycles. The highest BCUT2D eigenvalue weighted by Crippen LogP contribution is 2.35. The number of amides is 2. The van der Waals surface area contributed by atoms with Crippen molar-refractivity contribution >= 4 is 11.8 Å². The van der Waals surface area contributed by atoms with Gasteiger partial charge in [0.15, 0.2) is 0 Å². The highest BCUT2D eigenvalue weighted by molar-refractivity contribution is 5.77. The number of carbonyl (C=O) groups excluding carboxylic acids is 1. The molecule has 33 heavy (non-hydrogen) atoms. The van der Waals surface area contributed by atoms with Crippen molar-refractivity contribution in [2.75, 3.05) is 31.5 Å². The molecule has 0 aliphatic carbocycles. The van der Waals surface area contributed by atoms with Crippen LogP contribution in [0.15, 0.2) is 30.3 Å². The average molecular weight is 465 g/mol. The standard InChI is InChI=1S/C24H28F4N4O/c1-2-21(17-8-10-20(25)19(15-17)24(26,27)28)32-14-13-31(23(32)33)12-4-6-18-9-7-16-5-3-11-29-22(16)30-18/h7-10,15,21H,2-6,11-14H2,1H3,(H,29,30). The van der Waals surface area contributed by atoms with Crippen molar-refractivity contribution in [3.05, 3.63) is 58.5 Å². The van der Waals surface area contributed by atoms with Gasteiger partial charge in [-0.05, 0) is 61.4 Å². The van der Waals surface area contributed by atoms with Crippen LogP contribution in [0.1, 0.15) is 54.6 Å². The molecule has 1 fully saturated rings. The van der Waals surface area contributed by atoms with Crippen LogP contribution in [0.2, 0.25) is 0 Å². The summed E-state index contributed by atoms with van der Waals surface area (Å²) in [6.07, 6.45) is -0.714. The fourth-order valence-corrected chi connectivity index (χ4v) is 4.66. The van der Waals surface area contributed by atoms with Gasteiger partial charge in [0.25, 0.3) is 0 Å². The first-order valence-corrected chi connectivity index (χ1v) is 11.4. The number of nitrogens with one attached hydrogen (secondary N) is 1. The lowest BCUT2D eigenvalue weighted by molar-refractivity contribution is -0.140. The average Bonchev–Trinajstić information content (AvgIpc) is 3.14. The number of halogens is 4. The van der Waals surface area contributed by atoms with E-state index >= 15 is 0 Å². The molecule has 0 saturated carbocycles. The molecule has 1 aromatic heterocycles. The van der Waals surface area contributed by atoms with Crippen LogP contribution in [-0.4, -0.2) is 47.0 Å². The Kier molecular flexibility index (Phi) is 6.76. The van der Waals surface area contributed by atoms with Crippen molar-refractivity contribution in [3.63, 3.8) is 0 Å². The van der Waals surface area contributed by atoms with Gasteiger partial charge in [0, 0.05) is 31.9 Å². The van der Waals surface area contributed by atoms with Crippen LogP contribution in [0.5, 0.6) is 0 Å². The monoisotopic (exact) mass is 464 g/mol. The van der Waals surface area contributed by atoms with Gasteiger partial charge in [-0.1, -0.05) is 19.1 Å². The summed E-state index contributed by atoms with van der Waals surface area (Å²) in [7, 11) is 0. The molecule has 0 spiro atoms. The van der Waals surface area contributed by atoms with Gasteiger partial charge < -0.3 is 15.1 Å². The normalized spacial score (nSPS) is 17.2. The highest BCUT2D eigenvalue weighted by Gasteiger charge is 2.37. The summed E-state index contributed by atoms with van der Waals surface area (Å²) in [4.78, 5) is 21.0. The number of pyridine rings is 1. The molecule has 2 amide bonds. The molecule has 2 aliphatic rings. The van der Waals surface area contributed by atoms with E-state index in [0.29, 0.717) is 31.6 Å². The molecule has 9 heteroatoms. The second-order valence-electron chi connectivity index (χ2n) is 8.57. The largest absolute Gasteiger partial charge is 0.419 e. The van der Waals surface area contributed by atoms with E-state index in [1.807, 2.05) is 13.0 Å². The first-order chi connectivity index (χ1) is 15.8. The Bertz CT molecular complexity index is 1010. The summed E-state index contributed by atoms with van der Waals surface area (Å²) < 4.78 is 53.1. The number of rotatable bonds is 7. The van der Waals surface area contributed by atoms with Crippen molar-refractivity contribution in [3.8, 4) is 0 Å². The molecule has 2 aromatic rings. The van der Waals surface area contributed by atoms with Crippen LogP contribution in [0.25, 0.3) is 0 Å². The number of alkyl halides is 3. The van der Waals surface area contributed by atoms with E-state index in [1.54, 1.807) is 9.80 Å². The molecular weight excluding hydrogens is 436 g/mol. The van der Waals surface area contributed by atoms with Gasteiger partial charge in [-0.25, -0.2) is 14.2 Å². The number of aromatic nitrogens is 1. The van der Waals surface area contributed by atoms with Crippen molar-refractivity contribution in [2.45, 2.75) is 51.2 Å². The number of aryl methyl sites for hydroxylation is 2. The molecule has 178 valence electrons. The van der Waals surface area contributed by atoms with Crippen LogP contribution in [0, 0.1) is 5.82 Å². The Morgan fingerprint density at radius 1 is 1.18 bits per heavy atom. The molecule has 1 saturated heterocycles. The fourth-order valence-electron chi connectivity index (χ4n) is 4.66. The van der Waals surface area contributed by atoms with Gasteiger partial charge >= 0.3 is 12.2 Å². The van der Waals surface area contributed by atoms with Crippen LogP contribution in [0.4, 0.5) is 28.2 Å². The molecule has 1 atom stereocenters. The Morgan fingerprint density at radius 2 is 2.00 bits per heavy atom. The number of carbonyl (C=O) groups is 1. The molecule has 0 bridgehead atoms. The van der Waals surface area contributed by atoms with Crippen molar-refractivity contribution in [2.24, 2.45) is 0 Å². The first kappa shape index (κ1) is 23.3. The molecule has 5 nitrogen and oxygen atoms in total. The third kappa shape index (κ3) is 5.07. The minimum Gasteiger partial charge on any atom is -0.370 e. The molecule has 1 aromatic carbocycles. The maximum absolute atomic E-state index is 13.7. The lowest BCUT2D eigenvalue weighted by atomic mass is 10.00. The minimum absolute atomic E-state index is 0.195. The van der Waals surface area contributed by atoms with Gasteiger partial charge in [-0.15, -0.1) is 0 Å². The minimum atomic E-state index is -4.78. The summed E-state index contributed by atoms with van der Waals surface area (Å²) in [5, 5.41) is 3.32. The number of hydrogen-bond donors (Lipinski definition) is 1. The summed E-state index contributed by atoms with van der Waals surface area (Å²) in [6, 6.07) is 6.41. The second kappa shape index (κ2) is 9.57. The van der Waals surface area contributed by atoms with Gasteiger partial charge in [-0.3, -0.25) is 0 Å². The third-order valence-corrected chi connectivity index (χ3v) is 6.38. The van der Waals surface area contributed by atoms with E-state index in [-0.39, 0.29) is 6.03 Å². The third-order valence-electron chi connectivity index (χ3n) is 6.38. The van der Waals surface area contributed by atoms with Crippen LogP contribution < -0.4 is 5.32 Å². The zero-order valence-electron chi connectivity index (χ0n) is 18.6. The smallest absolute Gasteiger partial charge is 0.370 e. The van der Waals surface area contributed by atoms with E-state index in [4.69, 9.17) is 0 Å². The van der Waals surface area contributed by atoms with E-state index in [2.05, 4.69) is 16.4 Å². The van der Waals surface area contributed by atoms with Crippen molar-refractivity contribution < 1.29 is 22.4 Å². The van der Waals surface area contributed by atoms with Gasteiger partial charge in [0.1, 0.15) is 11.6 Å². The molecular formula is C24H28F4N4O. The molecule has 0 radical (unpaired) electrons. The van der Waals surface area contributed by atoms with Crippen molar-refractivity contribution in [1.29, 1.82) is 0 Å². The summed E-state index contributed by atoms with van der Waals surface area (Å²) >= 11 is 0. The van der Waals surface area contributed by atoms with Gasteiger partial charge in [0.05, 0.1) is 11.6 Å². The Balaban J connectivity index is 1.38. The topological polar surface area (TPSA) is 48.5 Å². The number of fused-ring (bicyclic) bond motifs is 1. The number of benzene rings is 1. The lowest BCUT2D eigenvalue weighted by Gasteiger charge is -2.28. The summed E-state index contributed by atoms with van der Waals surface area (Å²) in [6.45, 7) is 4.24. The Hall–Kier alpha value is -2.84. The molecule has 1 unspecified atom stereocenters. The van der Waals surface area contributed by atoms with E-state index in [0.717, 1.165) is 55.9 Å². The molecule has 1 N–H and O–H groups in total. The fraction of sp³-hybridized carbons (Fsp3) is 0.500. The zero-order valence-corrected chi connectivity index (χ0v) is 18.6. The Labute approximate surface area is 190 Å². The number of hydrogen-bond acceptors (Lipinski definition) is 3. The van der Waals surface area contributed by atoms with Crippen LogP contribution in [0.3, 0.4) is 0 Å². The van der Waals surface area contributed by atoms with E-state index in [9.17, 15) is 22.4 Å². The predicted molar refractivity (Wildman–Crippen MR) is 117 cm³/mol. The summed E-state index contributed by atoms with van der Waals surface area (Å²) in [5.41, 5.74) is 1.21. The van der Waals surface area contributed by atoms with E-state index in [1.165, 1.54) is 11.6 Å². The zero-order chi connectivity index (χ0) is 23.6. The highest BCUT2D eigenvalue weighted by atomic mass is 19.4. The van der Waals surface area contributed by atoms with Crippen molar-refractivity contribution in [1.82, 2.24) is 14.8 Å². The maximum Gasteiger partial charge on any atom is 0.419 e. The van der Waals surface area contributed by atoms with Gasteiger partial charge in [0.2, 0.25) is 0 Å². The molecule has 4 rings (SSSR count). The number of urea groups is 1. The number of anilines is 1. The molecule has 3 heterocycles. The van der Waals surface area contributed by atoms with Crippen LogP contribution >= 0.6 is 0 Å². The number of nitrogens with zero attached hydrogens (tertiary/aromatic N) is 3. The lowest BCUT2D eigenvalue weighted by Crippen LogP contribution is -2.35. The maximum atomic E-state index is 13.7. The van der Waals surface area contributed by atoms with E-state index < -0.39 is 23.6 Å². The second-order valence-corrected chi connectivity index (χ2v) is 8.57. The first-order valence-electron chi connectivity index (χ1n) is 11.4.